The summed E-state index contributed by atoms with van der Waals surface area (Å²) in [5.74, 6) is 0. The summed E-state index contributed by atoms with van der Waals surface area (Å²) in [5, 5.41) is 10.9. The molecule has 0 aromatic heterocycles. The van der Waals surface area contributed by atoms with Crippen molar-refractivity contribution in [2.75, 3.05) is 7.11 Å². The summed E-state index contributed by atoms with van der Waals surface area (Å²) in [4.78, 5) is 10.5. The summed E-state index contributed by atoms with van der Waals surface area (Å²) in [6.07, 6.45) is 0.520. The van der Waals surface area contributed by atoms with E-state index in [1.54, 1.807) is 19.2 Å². The Bertz CT molecular complexity index is 359. The van der Waals surface area contributed by atoms with Gasteiger partial charge in [-0.1, -0.05) is 13.0 Å². The molecule has 4 nitrogen and oxygen atoms in total. The van der Waals surface area contributed by atoms with Crippen molar-refractivity contribution in [3.8, 4) is 0 Å². The van der Waals surface area contributed by atoms with Gasteiger partial charge in [0, 0.05) is 13.2 Å². The molecule has 0 amide bonds. The Morgan fingerprint density at radius 2 is 2.20 bits per heavy atom. The second kappa shape index (κ2) is 4.89. The molecule has 0 aliphatic rings. The van der Waals surface area contributed by atoms with Crippen LogP contribution in [0.5, 0.6) is 0 Å². The normalized spacial score (nSPS) is 12.5. The molecule has 1 aromatic carbocycles. The molecule has 0 radical (unpaired) electrons. The summed E-state index contributed by atoms with van der Waals surface area (Å²) in [5.41, 5.74) is 1.68. The predicted molar refractivity (Wildman–Crippen MR) is 57.9 cm³/mol. The molecule has 0 aliphatic heterocycles. The van der Waals surface area contributed by atoms with Crippen LogP contribution in [-0.2, 0) is 4.74 Å². The maximum atomic E-state index is 10.9. The van der Waals surface area contributed by atoms with Crippen LogP contribution >= 0.6 is 0 Å². The van der Waals surface area contributed by atoms with Crippen LogP contribution in [0.1, 0.15) is 30.6 Å². The third-order valence-corrected chi connectivity index (χ3v) is 2.38. The Morgan fingerprint density at radius 1 is 1.53 bits per heavy atom. The first-order valence-electron chi connectivity index (χ1n) is 4.87. The smallest absolute Gasteiger partial charge is 0.275 e. The summed E-state index contributed by atoms with van der Waals surface area (Å²) < 4.78 is 5.21. The number of hydrogen-bond donors (Lipinski definition) is 0. The Labute approximate surface area is 89.0 Å². The van der Waals surface area contributed by atoms with Gasteiger partial charge in [-0.2, -0.15) is 0 Å². The van der Waals surface area contributed by atoms with Gasteiger partial charge >= 0.3 is 0 Å². The zero-order chi connectivity index (χ0) is 11.4. The fourth-order valence-corrected chi connectivity index (χ4v) is 1.60. The largest absolute Gasteiger partial charge is 0.377 e. The number of methoxy groups -OCH3 is 1. The Kier molecular flexibility index (Phi) is 3.80. The summed E-state index contributed by atoms with van der Waals surface area (Å²) >= 11 is 0. The van der Waals surface area contributed by atoms with Crippen molar-refractivity contribution < 1.29 is 9.66 Å². The molecule has 0 bridgehead atoms. The lowest BCUT2D eigenvalue weighted by molar-refractivity contribution is -0.386. The first kappa shape index (κ1) is 11.7. The molecule has 1 atom stereocenters. The standard InChI is InChI=1S/C11H15NO3/c1-4-11(15-3)9-6-5-8(2)7-10(9)12(13)14/h5-7,11H,4H2,1-3H3. The van der Waals surface area contributed by atoms with E-state index in [1.807, 2.05) is 19.9 Å². The highest BCUT2D eigenvalue weighted by molar-refractivity contribution is 5.44. The second-order valence-corrected chi connectivity index (χ2v) is 3.45. The van der Waals surface area contributed by atoms with E-state index in [9.17, 15) is 10.1 Å². The molecule has 0 aliphatic carbocycles. The van der Waals surface area contributed by atoms with Crippen molar-refractivity contribution in [3.05, 3.63) is 39.4 Å². The number of ether oxygens (including phenoxy) is 1. The van der Waals surface area contributed by atoms with Gasteiger partial charge < -0.3 is 4.74 Å². The van der Waals surface area contributed by atoms with E-state index in [-0.39, 0.29) is 16.7 Å². The molecule has 0 heterocycles. The maximum absolute atomic E-state index is 10.9. The van der Waals surface area contributed by atoms with Crippen LogP contribution in [0.4, 0.5) is 5.69 Å². The van der Waals surface area contributed by atoms with E-state index in [2.05, 4.69) is 0 Å². The van der Waals surface area contributed by atoms with Gasteiger partial charge in [0.05, 0.1) is 16.6 Å². The second-order valence-electron chi connectivity index (χ2n) is 3.45. The van der Waals surface area contributed by atoms with Crippen molar-refractivity contribution in [1.82, 2.24) is 0 Å². The van der Waals surface area contributed by atoms with Crippen LogP contribution in [0.15, 0.2) is 18.2 Å². The van der Waals surface area contributed by atoms with Crippen LogP contribution in [0.3, 0.4) is 0 Å². The van der Waals surface area contributed by atoms with Gasteiger partial charge in [0.2, 0.25) is 0 Å². The van der Waals surface area contributed by atoms with Gasteiger partial charge in [0.1, 0.15) is 0 Å². The monoisotopic (exact) mass is 209 g/mol. The van der Waals surface area contributed by atoms with Gasteiger partial charge in [0.15, 0.2) is 0 Å². The van der Waals surface area contributed by atoms with E-state index >= 15 is 0 Å². The topological polar surface area (TPSA) is 52.4 Å². The number of nitro groups is 1. The minimum Gasteiger partial charge on any atom is -0.377 e. The minimum atomic E-state index is -0.357. The van der Waals surface area contributed by atoms with Crippen molar-refractivity contribution in [2.45, 2.75) is 26.4 Å². The lowest BCUT2D eigenvalue weighted by Crippen LogP contribution is -2.04. The van der Waals surface area contributed by atoms with Gasteiger partial charge in [0.25, 0.3) is 5.69 Å². The summed E-state index contributed by atoms with van der Waals surface area (Å²) in [6, 6.07) is 5.21. The van der Waals surface area contributed by atoms with Gasteiger partial charge in [-0.25, -0.2) is 0 Å². The SMILES string of the molecule is CCC(OC)c1ccc(C)cc1[N+](=O)[O-]. The fourth-order valence-electron chi connectivity index (χ4n) is 1.60. The van der Waals surface area contributed by atoms with E-state index in [1.165, 1.54) is 0 Å². The number of benzene rings is 1. The lowest BCUT2D eigenvalue weighted by Gasteiger charge is -2.13. The highest BCUT2D eigenvalue weighted by Crippen LogP contribution is 2.29. The molecule has 4 heteroatoms. The van der Waals surface area contributed by atoms with Gasteiger partial charge in [-0.15, -0.1) is 0 Å². The van der Waals surface area contributed by atoms with Crippen LogP contribution < -0.4 is 0 Å². The number of hydrogen-bond acceptors (Lipinski definition) is 3. The molecule has 0 fully saturated rings. The van der Waals surface area contributed by atoms with Crippen molar-refractivity contribution in [2.24, 2.45) is 0 Å². The number of aryl methyl sites for hydroxylation is 1. The van der Waals surface area contributed by atoms with Crippen LogP contribution in [0.2, 0.25) is 0 Å². The van der Waals surface area contributed by atoms with Crippen molar-refractivity contribution in [3.63, 3.8) is 0 Å². The summed E-state index contributed by atoms with van der Waals surface area (Å²) in [6.45, 7) is 3.78. The first-order valence-corrected chi connectivity index (χ1v) is 4.87. The molecule has 15 heavy (non-hydrogen) atoms. The van der Waals surface area contributed by atoms with E-state index in [0.29, 0.717) is 5.56 Å². The zero-order valence-corrected chi connectivity index (χ0v) is 9.19. The third-order valence-electron chi connectivity index (χ3n) is 2.38. The predicted octanol–water partition coefficient (Wildman–Crippen LogP) is 3.00. The highest BCUT2D eigenvalue weighted by Gasteiger charge is 2.20. The molecular formula is C11H15NO3. The van der Waals surface area contributed by atoms with Gasteiger partial charge in [-0.3, -0.25) is 10.1 Å². The van der Waals surface area contributed by atoms with Gasteiger partial charge in [-0.05, 0) is 25.0 Å². The van der Waals surface area contributed by atoms with Crippen LogP contribution in [0.25, 0.3) is 0 Å². The number of nitrogens with zero attached hydrogens (tertiary/aromatic N) is 1. The van der Waals surface area contributed by atoms with E-state index < -0.39 is 0 Å². The average Bonchev–Trinajstić information content (AvgIpc) is 2.21. The fraction of sp³-hybridized carbons (Fsp3) is 0.455. The molecule has 82 valence electrons. The van der Waals surface area contributed by atoms with Crippen molar-refractivity contribution in [1.29, 1.82) is 0 Å². The number of nitro benzene ring substituents is 1. The van der Waals surface area contributed by atoms with Crippen molar-refractivity contribution >= 4 is 5.69 Å². The lowest BCUT2D eigenvalue weighted by atomic mass is 10.0. The molecule has 0 N–H and O–H groups in total. The van der Waals surface area contributed by atoms with Crippen LogP contribution in [0, 0.1) is 17.0 Å². The number of rotatable bonds is 4. The first-order chi connectivity index (χ1) is 7.10. The minimum absolute atomic E-state index is 0.142. The highest BCUT2D eigenvalue weighted by atomic mass is 16.6. The Balaban J connectivity index is 3.21. The molecule has 1 aromatic rings. The molecule has 0 saturated heterocycles. The Morgan fingerprint density at radius 3 is 2.67 bits per heavy atom. The maximum Gasteiger partial charge on any atom is 0.275 e. The molecular weight excluding hydrogens is 194 g/mol. The summed E-state index contributed by atoms with van der Waals surface area (Å²) in [7, 11) is 1.57. The van der Waals surface area contributed by atoms with E-state index in [4.69, 9.17) is 4.74 Å². The molecule has 0 spiro atoms. The zero-order valence-electron chi connectivity index (χ0n) is 9.19. The average molecular weight is 209 g/mol. The Hall–Kier alpha value is -1.42. The quantitative estimate of drug-likeness (QED) is 0.565. The van der Waals surface area contributed by atoms with Crippen LogP contribution in [-0.4, -0.2) is 12.0 Å². The third kappa shape index (κ3) is 2.53. The van der Waals surface area contributed by atoms with E-state index in [0.717, 1.165) is 12.0 Å². The molecule has 1 unspecified atom stereocenters. The molecule has 1 rings (SSSR count). The molecule has 0 saturated carbocycles.